The van der Waals surface area contributed by atoms with E-state index in [1.807, 2.05) is 17.9 Å². The van der Waals surface area contributed by atoms with Gasteiger partial charge in [-0.3, -0.25) is 4.79 Å². The van der Waals surface area contributed by atoms with E-state index >= 15 is 0 Å². The summed E-state index contributed by atoms with van der Waals surface area (Å²) in [5, 5.41) is 3.54. The summed E-state index contributed by atoms with van der Waals surface area (Å²) in [7, 11) is 0. The molecule has 132 valence electrons. The zero-order chi connectivity index (χ0) is 16.9. The Morgan fingerprint density at radius 2 is 2.04 bits per heavy atom. The highest BCUT2D eigenvalue weighted by molar-refractivity contribution is 5.73. The molecule has 3 rings (SSSR count). The van der Waals surface area contributed by atoms with Crippen LogP contribution >= 0.6 is 0 Å². The van der Waals surface area contributed by atoms with Crippen molar-refractivity contribution in [1.29, 1.82) is 0 Å². The Labute approximate surface area is 144 Å². The number of nitrogens with one attached hydrogen (secondary N) is 1. The molecule has 6 nitrogen and oxygen atoms in total. The average Bonchev–Trinajstić information content (AvgIpc) is 2.57. The number of carbonyl (C=O) groups excluding carboxylic acids is 1. The lowest BCUT2D eigenvalue weighted by Gasteiger charge is -2.38. The molecular formula is C18H29N5O. The van der Waals surface area contributed by atoms with Crippen molar-refractivity contribution in [3.8, 4) is 0 Å². The summed E-state index contributed by atoms with van der Waals surface area (Å²) in [6, 6.07) is 2.50. The van der Waals surface area contributed by atoms with Crippen LogP contribution in [0.2, 0.25) is 0 Å². The molecule has 2 fully saturated rings. The molecule has 2 aliphatic heterocycles. The average molecular weight is 331 g/mol. The van der Waals surface area contributed by atoms with Crippen LogP contribution in [-0.2, 0) is 4.79 Å². The van der Waals surface area contributed by atoms with E-state index in [9.17, 15) is 4.79 Å². The van der Waals surface area contributed by atoms with E-state index in [0.29, 0.717) is 12.0 Å². The zero-order valence-corrected chi connectivity index (χ0v) is 14.9. The molecule has 1 aromatic heterocycles. The van der Waals surface area contributed by atoms with E-state index in [1.165, 1.54) is 6.42 Å². The molecule has 1 unspecified atom stereocenters. The van der Waals surface area contributed by atoms with Gasteiger partial charge in [0.15, 0.2) is 0 Å². The standard InChI is InChI=1S/C18H29N5O/c1-14-10-18(20-13-19-14)21-17-5-8-22(9-6-17)11-16-4-3-7-23(12-16)15(2)24/h10,13,16-17H,3-9,11-12H2,1-2H3,(H,19,20,21). The van der Waals surface area contributed by atoms with E-state index in [2.05, 4.69) is 20.2 Å². The lowest BCUT2D eigenvalue weighted by Crippen LogP contribution is -2.46. The van der Waals surface area contributed by atoms with Gasteiger partial charge in [0.1, 0.15) is 12.1 Å². The van der Waals surface area contributed by atoms with Crippen LogP contribution in [0.3, 0.4) is 0 Å². The maximum absolute atomic E-state index is 11.6. The molecule has 0 saturated carbocycles. The fraction of sp³-hybridized carbons (Fsp3) is 0.722. The fourth-order valence-electron chi connectivity index (χ4n) is 3.87. The number of likely N-dealkylation sites (tertiary alicyclic amines) is 2. The monoisotopic (exact) mass is 331 g/mol. The molecule has 1 atom stereocenters. The first-order valence-corrected chi connectivity index (χ1v) is 9.13. The van der Waals surface area contributed by atoms with Gasteiger partial charge in [-0.2, -0.15) is 0 Å². The minimum atomic E-state index is 0.225. The number of hydrogen-bond acceptors (Lipinski definition) is 5. The van der Waals surface area contributed by atoms with Gasteiger partial charge in [-0.15, -0.1) is 0 Å². The Kier molecular flexibility index (Phi) is 5.66. The van der Waals surface area contributed by atoms with E-state index in [-0.39, 0.29) is 5.91 Å². The number of aromatic nitrogens is 2. The number of aryl methyl sites for hydroxylation is 1. The van der Waals surface area contributed by atoms with Crippen LogP contribution in [-0.4, -0.2) is 64.4 Å². The highest BCUT2D eigenvalue weighted by Crippen LogP contribution is 2.21. The number of piperidine rings is 2. The Hall–Kier alpha value is -1.69. The van der Waals surface area contributed by atoms with E-state index in [4.69, 9.17) is 0 Å². The quantitative estimate of drug-likeness (QED) is 0.913. The maximum atomic E-state index is 11.6. The van der Waals surface area contributed by atoms with Gasteiger partial charge >= 0.3 is 0 Å². The molecule has 2 saturated heterocycles. The Morgan fingerprint density at radius 1 is 1.25 bits per heavy atom. The first kappa shape index (κ1) is 17.1. The van der Waals surface area contributed by atoms with Crippen molar-refractivity contribution in [2.75, 3.05) is 38.0 Å². The Balaban J connectivity index is 1.43. The van der Waals surface area contributed by atoms with Gasteiger partial charge < -0.3 is 15.1 Å². The van der Waals surface area contributed by atoms with Gasteiger partial charge in [0.25, 0.3) is 0 Å². The smallest absolute Gasteiger partial charge is 0.219 e. The number of carbonyl (C=O) groups is 1. The van der Waals surface area contributed by atoms with Gasteiger partial charge in [-0.25, -0.2) is 9.97 Å². The van der Waals surface area contributed by atoms with Gasteiger partial charge in [-0.05, 0) is 38.5 Å². The number of nitrogens with zero attached hydrogens (tertiary/aromatic N) is 4. The summed E-state index contributed by atoms with van der Waals surface area (Å²) in [4.78, 5) is 24.6. The highest BCUT2D eigenvalue weighted by Gasteiger charge is 2.26. The number of hydrogen-bond donors (Lipinski definition) is 1. The zero-order valence-electron chi connectivity index (χ0n) is 14.9. The van der Waals surface area contributed by atoms with Crippen molar-refractivity contribution in [3.05, 3.63) is 18.1 Å². The van der Waals surface area contributed by atoms with E-state index < -0.39 is 0 Å². The predicted molar refractivity (Wildman–Crippen MR) is 94.8 cm³/mol. The number of amides is 1. The molecule has 1 amide bonds. The lowest BCUT2D eigenvalue weighted by atomic mass is 9.95. The van der Waals surface area contributed by atoms with Crippen molar-refractivity contribution < 1.29 is 4.79 Å². The molecule has 0 radical (unpaired) electrons. The number of anilines is 1. The fourth-order valence-corrected chi connectivity index (χ4v) is 3.87. The molecule has 1 N–H and O–H groups in total. The van der Waals surface area contributed by atoms with E-state index in [1.54, 1.807) is 13.3 Å². The second-order valence-corrected chi connectivity index (χ2v) is 7.24. The summed E-state index contributed by atoms with van der Waals surface area (Å²) in [5.74, 6) is 1.80. The third-order valence-electron chi connectivity index (χ3n) is 5.22. The normalized spacial score (nSPS) is 23.2. The first-order chi connectivity index (χ1) is 11.6. The van der Waals surface area contributed by atoms with Crippen molar-refractivity contribution in [2.24, 2.45) is 5.92 Å². The summed E-state index contributed by atoms with van der Waals surface area (Å²) in [6.45, 7) is 8.93. The minimum absolute atomic E-state index is 0.225. The third-order valence-corrected chi connectivity index (χ3v) is 5.22. The lowest BCUT2D eigenvalue weighted by molar-refractivity contribution is -0.130. The molecule has 1 aromatic rings. The Bertz CT molecular complexity index is 556. The van der Waals surface area contributed by atoms with Gasteiger partial charge in [-0.1, -0.05) is 0 Å². The molecule has 6 heteroatoms. The van der Waals surface area contributed by atoms with Gasteiger partial charge in [0, 0.05) is 57.4 Å². The predicted octanol–water partition coefficient (Wildman–Crippen LogP) is 1.92. The summed E-state index contributed by atoms with van der Waals surface area (Å²) < 4.78 is 0. The van der Waals surface area contributed by atoms with E-state index in [0.717, 1.165) is 63.5 Å². The molecule has 0 spiro atoms. The van der Waals surface area contributed by atoms with Crippen molar-refractivity contribution in [1.82, 2.24) is 19.8 Å². The maximum Gasteiger partial charge on any atom is 0.219 e. The molecule has 0 aromatic carbocycles. The Morgan fingerprint density at radius 3 is 2.75 bits per heavy atom. The minimum Gasteiger partial charge on any atom is -0.367 e. The van der Waals surface area contributed by atoms with Crippen molar-refractivity contribution >= 4 is 11.7 Å². The SMILES string of the molecule is CC(=O)N1CCCC(CN2CCC(Nc3cc(C)ncn3)CC2)C1. The van der Waals surface area contributed by atoms with Gasteiger partial charge in [0.05, 0.1) is 0 Å². The molecule has 3 heterocycles. The van der Waals surface area contributed by atoms with Crippen LogP contribution in [0, 0.1) is 12.8 Å². The third kappa shape index (κ3) is 4.66. The van der Waals surface area contributed by atoms with Crippen LogP contribution in [0.4, 0.5) is 5.82 Å². The second kappa shape index (κ2) is 7.92. The molecule has 2 aliphatic rings. The molecule has 24 heavy (non-hydrogen) atoms. The second-order valence-electron chi connectivity index (χ2n) is 7.24. The summed E-state index contributed by atoms with van der Waals surface area (Å²) >= 11 is 0. The first-order valence-electron chi connectivity index (χ1n) is 9.13. The van der Waals surface area contributed by atoms with Crippen LogP contribution in [0.25, 0.3) is 0 Å². The number of rotatable bonds is 4. The summed E-state index contributed by atoms with van der Waals surface area (Å²) in [6.07, 6.45) is 6.31. The molecular weight excluding hydrogens is 302 g/mol. The molecule has 0 bridgehead atoms. The van der Waals surface area contributed by atoms with Gasteiger partial charge in [0.2, 0.25) is 5.91 Å². The summed E-state index contributed by atoms with van der Waals surface area (Å²) in [5.41, 5.74) is 0.997. The van der Waals surface area contributed by atoms with Crippen LogP contribution in [0.1, 0.15) is 38.3 Å². The molecule has 0 aliphatic carbocycles. The van der Waals surface area contributed by atoms with Crippen LogP contribution in [0.15, 0.2) is 12.4 Å². The van der Waals surface area contributed by atoms with Crippen molar-refractivity contribution in [3.63, 3.8) is 0 Å². The largest absolute Gasteiger partial charge is 0.367 e. The highest BCUT2D eigenvalue weighted by atomic mass is 16.2. The van der Waals surface area contributed by atoms with Crippen LogP contribution in [0.5, 0.6) is 0 Å². The van der Waals surface area contributed by atoms with Crippen LogP contribution < -0.4 is 5.32 Å². The van der Waals surface area contributed by atoms with Crippen molar-refractivity contribution in [2.45, 2.75) is 45.6 Å². The topological polar surface area (TPSA) is 61.4 Å².